The van der Waals surface area contributed by atoms with Gasteiger partial charge in [0.1, 0.15) is 17.2 Å². The molecule has 2 saturated heterocycles. The smallest absolute Gasteiger partial charge is 0.508 e. The molecule has 6 unspecified atom stereocenters. The van der Waals surface area contributed by atoms with Crippen LogP contribution in [-0.2, 0) is 31.5 Å². The van der Waals surface area contributed by atoms with Gasteiger partial charge in [-0.3, -0.25) is 19.2 Å². The fourth-order valence-corrected chi connectivity index (χ4v) is 9.12. The van der Waals surface area contributed by atoms with E-state index in [9.17, 15) is 77.0 Å². The standard InChI is InChI=1S/C35H16Cl2F14N2O6/c36-31-9-17-14(2-3-15-19(17)28(56)52(27(15)55)12-6-10(33(43,44)45)5-11(7-12)34(46,47)48)20(16-8-13(1-4-18(16)54)59-35(49,50)51)32(31,37)30(58)53(29(31)57)26-24(41)22(39)21(38)23(40)25(26)42/h1-2,4-8,15,17,19-20,54H,3,9H2. The SMILES string of the molecule is O=C1C2CC=C3C(CC4(Cl)C(=O)N(c5c(F)c(F)c(F)c(F)c5F)C(=O)C4(Cl)C3c3cc(OC(F)(F)F)ccc3O)C2C(=O)N1c1cc(C(F)(F)F)cc(C(F)(F)F)c1. The van der Waals surface area contributed by atoms with Gasteiger partial charge in [0.05, 0.1) is 28.7 Å². The van der Waals surface area contributed by atoms with Crippen LogP contribution in [0.4, 0.5) is 72.8 Å². The fraction of sp³-hybridized carbons (Fsp3) is 0.314. The summed E-state index contributed by atoms with van der Waals surface area (Å²) in [5.74, 6) is -30.8. The number of aromatic hydroxyl groups is 1. The van der Waals surface area contributed by atoms with E-state index in [2.05, 4.69) is 4.74 Å². The number of carbonyl (C=O) groups is 4. The van der Waals surface area contributed by atoms with Gasteiger partial charge in [-0.1, -0.05) is 11.6 Å². The van der Waals surface area contributed by atoms with Gasteiger partial charge in [0.2, 0.25) is 17.6 Å². The van der Waals surface area contributed by atoms with Crippen molar-refractivity contribution in [1.82, 2.24) is 0 Å². The third kappa shape index (κ3) is 6.09. The molecule has 2 aliphatic carbocycles. The zero-order valence-corrected chi connectivity index (χ0v) is 29.7. The second kappa shape index (κ2) is 13.2. The van der Waals surface area contributed by atoms with Gasteiger partial charge in [-0.15, -0.1) is 36.4 Å². The van der Waals surface area contributed by atoms with Crippen LogP contribution in [0, 0.1) is 46.8 Å². The quantitative estimate of drug-likeness (QED) is 0.0702. The van der Waals surface area contributed by atoms with Crippen LogP contribution in [0.15, 0.2) is 48.0 Å². The lowest BCUT2D eigenvalue weighted by Gasteiger charge is -2.50. The molecule has 59 heavy (non-hydrogen) atoms. The number of allylic oxidation sites excluding steroid dienone is 2. The van der Waals surface area contributed by atoms with Crippen molar-refractivity contribution in [2.75, 3.05) is 9.80 Å². The minimum atomic E-state index is -5.46. The summed E-state index contributed by atoms with van der Waals surface area (Å²) in [6, 6.07) is 1.29. The van der Waals surface area contributed by atoms with E-state index in [0.717, 1.165) is 6.08 Å². The van der Waals surface area contributed by atoms with Gasteiger partial charge in [0.15, 0.2) is 33.0 Å². The molecule has 6 atom stereocenters. The number of anilines is 2. The van der Waals surface area contributed by atoms with Gasteiger partial charge in [0, 0.05) is 11.5 Å². The molecule has 3 fully saturated rings. The molecule has 0 bridgehead atoms. The van der Waals surface area contributed by atoms with Crippen molar-refractivity contribution < 1.29 is 90.5 Å². The number of nitrogens with zero attached hydrogens (tertiary/aromatic N) is 2. The highest BCUT2D eigenvalue weighted by atomic mass is 35.5. The number of carbonyl (C=O) groups excluding carboxylic acids is 4. The highest BCUT2D eigenvalue weighted by Crippen LogP contribution is 2.67. The molecular weight excluding hydrogens is 881 g/mol. The first-order valence-corrected chi connectivity index (χ1v) is 17.1. The maximum atomic E-state index is 15.2. The lowest BCUT2D eigenvalue weighted by molar-refractivity contribution is -0.274. The first-order chi connectivity index (χ1) is 27.1. The minimum Gasteiger partial charge on any atom is -0.508 e. The Kier molecular flexibility index (Phi) is 9.39. The molecule has 2 aliphatic heterocycles. The Hall–Kier alpha value is -5.12. The van der Waals surface area contributed by atoms with E-state index in [4.69, 9.17) is 23.2 Å². The summed E-state index contributed by atoms with van der Waals surface area (Å²) in [4.78, 5) is 49.4. The number of ether oxygens (including phenoxy) is 1. The maximum absolute atomic E-state index is 15.2. The Bertz CT molecular complexity index is 2380. The molecule has 314 valence electrons. The van der Waals surface area contributed by atoms with E-state index in [1.807, 2.05) is 0 Å². The highest BCUT2D eigenvalue weighted by Gasteiger charge is 2.77. The largest absolute Gasteiger partial charge is 0.573 e. The van der Waals surface area contributed by atoms with Crippen LogP contribution in [0.5, 0.6) is 11.5 Å². The van der Waals surface area contributed by atoms with Crippen molar-refractivity contribution in [3.8, 4) is 11.5 Å². The van der Waals surface area contributed by atoms with Crippen molar-refractivity contribution >= 4 is 58.2 Å². The number of rotatable bonds is 4. The predicted molar refractivity (Wildman–Crippen MR) is 170 cm³/mol. The van der Waals surface area contributed by atoms with E-state index in [0.29, 0.717) is 18.2 Å². The average molecular weight is 897 g/mol. The van der Waals surface area contributed by atoms with Crippen molar-refractivity contribution in [1.29, 1.82) is 0 Å². The molecule has 7 rings (SSSR count). The minimum absolute atomic E-state index is 0.0208. The molecule has 2 heterocycles. The highest BCUT2D eigenvalue weighted by molar-refractivity contribution is 6.58. The number of benzene rings is 3. The van der Waals surface area contributed by atoms with Crippen LogP contribution in [0.25, 0.3) is 0 Å². The van der Waals surface area contributed by atoms with Crippen LogP contribution in [0.3, 0.4) is 0 Å². The number of phenolic OH excluding ortho intramolecular Hbond substituents is 1. The van der Waals surface area contributed by atoms with Gasteiger partial charge < -0.3 is 9.84 Å². The molecule has 4 aliphatic rings. The molecule has 0 aromatic heterocycles. The Morgan fingerprint density at radius 2 is 1.24 bits per heavy atom. The van der Waals surface area contributed by atoms with Gasteiger partial charge >= 0.3 is 18.7 Å². The molecule has 24 heteroatoms. The van der Waals surface area contributed by atoms with Crippen LogP contribution in [0.2, 0.25) is 0 Å². The summed E-state index contributed by atoms with van der Waals surface area (Å²) in [6.07, 6.45) is -17.3. The van der Waals surface area contributed by atoms with Crippen LogP contribution >= 0.6 is 23.2 Å². The molecule has 1 N–H and O–H groups in total. The van der Waals surface area contributed by atoms with Crippen LogP contribution in [-0.4, -0.2) is 44.8 Å². The molecule has 0 spiro atoms. The summed E-state index contributed by atoms with van der Waals surface area (Å²) in [5.41, 5.74) is -8.68. The second-order valence-corrected chi connectivity index (χ2v) is 15.0. The molecule has 3 aromatic rings. The van der Waals surface area contributed by atoms with Gasteiger partial charge in [-0.25, -0.2) is 31.8 Å². The summed E-state index contributed by atoms with van der Waals surface area (Å²) in [6.45, 7) is 0. The monoisotopic (exact) mass is 896 g/mol. The second-order valence-electron chi connectivity index (χ2n) is 13.7. The van der Waals surface area contributed by atoms with Crippen molar-refractivity contribution in [3.63, 3.8) is 0 Å². The number of hydrogen-bond donors (Lipinski definition) is 1. The Morgan fingerprint density at radius 3 is 1.76 bits per heavy atom. The topological polar surface area (TPSA) is 104 Å². The molecule has 0 radical (unpaired) electrons. The van der Waals surface area contributed by atoms with E-state index in [1.54, 1.807) is 0 Å². The van der Waals surface area contributed by atoms with Gasteiger partial charge in [-0.2, -0.15) is 26.3 Å². The third-order valence-electron chi connectivity index (χ3n) is 10.6. The van der Waals surface area contributed by atoms with Crippen LogP contribution in [0.1, 0.15) is 35.4 Å². The number of alkyl halides is 11. The summed E-state index contributed by atoms with van der Waals surface area (Å²) < 4.78 is 200. The molecular formula is C35H16Cl2F14N2O6. The summed E-state index contributed by atoms with van der Waals surface area (Å²) >= 11 is 13.7. The number of hydrogen-bond acceptors (Lipinski definition) is 6. The van der Waals surface area contributed by atoms with E-state index in [1.165, 1.54) is 0 Å². The summed E-state index contributed by atoms with van der Waals surface area (Å²) in [7, 11) is 0. The first kappa shape index (κ1) is 42.0. The summed E-state index contributed by atoms with van der Waals surface area (Å²) in [5, 5.41) is 11.0. The molecule has 8 nitrogen and oxygen atoms in total. The van der Waals surface area contributed by atoms with Gasteiger partial charge in [0.25, 0.3) is 11.8 Å². The third-order valence-corrected chi connectivity index (χ3v) is 12.0. The first-order valence-electron chi connectivity index (χ1n) is 16.3. The zero-order chi connectivity index (χ0) is 43.9. The van der Waals surface area contributed by atoms with E-state index in [-0.39, 0.29) is 23.1 Å². The Morgan fingerprint density at radius 1 is 0.695 bits per heavy atom. The van der Waals surface area contributed by atoms with Crippen molar-refractivity contribution in [2.24, 2.45) is 17.8 Å². The molecule has 3 aromatic carbocycles. The normalized spacial score (nSPS) is 27.2. The number of halogens is 16. The Labute approximate surface area is 328 Å². The van der Waals surface area contributed by atoms with Crippen LogP contribution < -0.4 is 14.5 Å². The zero-order valence-electron chi connectivity index (χ0n) is 28.2. The van der Waals surface area contributed by atoms with Crippen molar-refractivity contribution in [3.05, 3.63) is 93.8 Å². The van der Waals surface area contributed by atoms with Crippen molar-refractivity contribution in [2.45, 2.75) is 47.2 Å². The number of amides is 4. The lowest BCUT2D eigenvalue weighted by Crippen LogP contribution is -2.60. The van der Waals surface area contributed by atoms with E-state index < -0.39 is 168 Å². The van der Waals surface area contributed by atoms with Gasteiger partial charge in [-0.05, 0) is 55.2 Å². The molecule has 4 amide bonds. The average Bonchev–Trinajstić information content (AvgIpc) is 3.47. The number of imide groups is 2. The molecule has 1 saturated carbocycles. The number of phenols is 1. The fourth-order valence-electron chi connectivity index (χ4n) is 8.20. The Balaban J connectivity index is 1.44. The number of fused-ring (bicyclic) bond motifs is 4. The van der Waals surface area contributed by atoms with E-state index >= 15 is 8.78 Å². The predicted octanol–water partition coefficient (Wildman–Crippen LogP) is 8.79. The maximum Gasteiger partial charge on any atom is 0.573 e. The lowest BCUT2D eigenvalue weighted by atomic mass is 9.56.